The van der Waals surface area contributed by atoms with Gasteiger partial charge in [0.2, 0.25) is 0 Å². The lowest BCUT2D eigenvalue weighted by Gasteiger charge is -2.14. The van der Waals surface area contributed by atoms with E-state index in [9.17, 15) is 18.0 Å². The Kier molecular flexibility index (Phi) is 6.25. The average Bonchev–Trinajstić information content (AvgIpc) is 2.79. The lowest BCUT2D eigenvalue weighted by Crippen LogP contribution is -2.22. The largest absolute Gasteiger partial charge is 0.454 e. The Morgan fingerprint density at radius 3 is 2.62 bits per heavy atom. The third kappa shape index (κ3) is 4.86. The molecular weight excluding hydrogens is 471 g/mol. The topological polar surface area (TPSA) is 95.4 Å². The molecule has 0 saturated carbocycles. The van der Waals surface area contributed by atoms with Crippen molar-refractivity contribution < 1.29 is 17.9 Å². The van der Waals surface area contributed by atoms with Gasteiger partial charge >= 0.3 is 12.2 Å². The summed E-state index contributed by atoms with van der Waals surface area (Å²) in [5, 5.41) is 0.863. The molecule has 2 heterocycles. The molecule has 0 spiro atoms. The maximum Gasteiger partial charge on any atom is 0.422 e. The normalized spacial score (nSPS) is 11.9. The number of benzene rings is 2. The SMILES string of the molecule is CN=Cc1cc(-n2cc3cnc(OCC(F)(F)F)nc3c(-c3ccc(Cl)cc3)c2=O)ccc1N. The van der Waals surface area contributed by atoms with Crippen molar-refractivity contribution in [3.8, 4) is 22.8 Å². The minimum Gasteiger partial charge on any atom is -0.454 e. The van der Waals surface area contributed by atoms with E-state index in [1.807, 2.05) is 0 Å². The number of aromatic nitrogens is 3. The first-order chi connectivity index (χ1) is 16.2. The maximum atomic E-state index is 13.6. The lowest BCUT2D eigenvalue weighted by atomic mass is 10.0. The van der Waals surface area contributed by atoms with E-state index in [1.54, 1.807) is 55.7 Å². The van der Waals surface area contributed by atoms with Crippen LogP contribution in [0.15, 0.2) is 64.6 Å². The van der Waals surface area contributed by atoms with Gasteiger partial charge in [-0.3, -0.25) is 14.4 Å². The van der Waals surface area contributed by atoms with E-state index in [2.05, 4.69) is 15.0 Å². The van der Waals surface area contributed by atoms with Crippen LogP contribution in [0.3, 0.4) is 0 Å². The summed E-state index contributed by atoms with van der Waals surface area (Å²) >= 11 is 6.00. The third-order valence-electron chi connectivity index (χ3n) is 4.85. The van der Waals surface area contributed by atoms with Gasteiger partial charge in [-0.1, -0.05) is 23.7 Å². The second-order valence-electron chi connectivity index (χ2n) is 7.25. The van der Waals surface area contributed by atoms with Gasteiger partial charge in [-0.25, -0.2) is 4.98 Å². The average molecular weight is 488 g/mol. The first kappa shape index (κ1) is 23.2. The summed E-state index contributed by atoms with van der Waals surface area (Å²) in [6.07, 6.45) is -0.189. The Labute approximate surface area is 196 Å². The van der Waals surface area contributed by atoms with Crippen molar-refractivity contribution >= 4 is 34.4 Å². The number of hydrogen-bond acceptors (Lipinski definition) is 6. The Morgan fingerprint density at radius 2 is 1.94 bits per heavy atom. The first-order valence-electron chi connectivity index (χ1n) is 9.86. The fraction of sp³-hybridized carbons (Fsp3) is 0.130. The van der Waals surface area contributed by atoms with Gasteiger partial charge in [0.25, 0.3) is 5.56 Å². The standard InChI is InChI=1S/C23H17ClF3N5O2/c1-29-9-14-8-17(6-7-18(14)28)32-11-15-10-30-22(34-12-23(25,26)27)31-20(15)19(21(32)33)13-2-4-16(24)5-3-13/h2-11H,12,28H2,1H3. The van der Waals surface area contributed by atoms with Crippen molar-refractivity contribution in [1.82, 2.24) is 14.5 Å². The van der Waals surface area contributed by atoms with Gasteiger partial charge in [-0.2, -0.15) is 18.2 Å². The molecule has 0 fully saturated rings. The van der Waals surface area contributed by atoms with Crippen molar-refractivity contribution in [1.29, 1.82) is 0 Å². The summed E-state index contributed by atoms with van der Waals surface area (Å²) in [6, 6.07) is 11.0. The molecule has 0 aliphatic carbocycles. The van der Waals surface area contributed by atoms with Gasteiger partial charge < -0.3 is 10.5 Å². The number of nitrogens with zero attached hydrogens (tertiary/aromatic N) is 4. The zero-order chi connectivity index (χ0) is 24.5. The van der Waals surface area contributed by atoms with Crippen molar-refractivity contribution in [3.63, 3.8) is 0 Å². The molecule has 11 heteroatoms. The molecule has 2 N–H and O–H groups in total. The van der Waals surface area contributed by atoms with Crippen LogP contribution in [0.4, 0.5) is 18.9 Å². The van der Waals surface area contributed by atoms with Crippen molar-refractivity contribution in [2.24, 2.45) is 4.99 Å². The number of nitrogens with two attached hydrogens (primary N) is 1. The molecule has 2 aromatic heterocycles. The highest BCUT2D eigenvalue weighted by molar-refractivity contribution is 6.30. The first-order valence-corrected chi connectivity index (χ1v) is 10.2. The third-order valence-corrected chi connectivity index (χ3v) is 5.10. The van der Waals surface area contributed by atoms with Gasteiger partial charge in [0.15, 0.2) is 6.61 Å². The van der Waals surface area contributed by atoms with Gasteiger partial charge in [0, 0.05) is 53.0 Å². The summed E-state index contributed by atoms with van der Waals surface area (Å²) in [6.45, 7) is -1.56. The number of fused-ring (bicyclic) bond motifs is 1. The number of halogens is 4. The Hall–Kier alpha value is -3.92. The molecule has 0 saturated heterocycles. The number of nitrogen functional groups attached to an aromatic ring is 1. The Morgan fingerprint density at radius 1 is 1.21 bits per heavy atom. The fourth-order valence-electron chi connectivity index (χ4n) is 3.34. The van der Waals surface area contributed by atoms with Crippen molar-refractivity contribution in [2.45, 2.75) is 6.18 Å². The van der Waals surface area contributed by atoms with Crippen LogP contribution in [0.1, 0.15) is 5.56 Å². The van der Waals surface area contributed by atoms with Gasteiger partial charge in [-0.05, 0) is 35.9 Å². The molecule has 34 heavy (non-hydrogen) atoms. The van der Waals surface area contributed by atoms with E-state index >= 15 is 0 Å². The van der Waals surface area contributed by atoms with Crippen LogP contribution >= 0.6 is 11.6 Å². The minimum atomic E-state index is -4.56. The molecule has 7 nitrogen and oxygen atoms in total. The molecule has 4 aromatic rings. The Bertz CT molecular complexity index is 1450. The summed E-state index contributed by atoms with van der Waals surface area (Å²) in [7, 11) is 1.60. The summed E-state index contributed by atoms with van der Waals surface area (Å²) in [5.74, 6) is 0. The Balaban J connectivity index is 1.96. The van der Waals surface area contributed by atoms with Crippen LogP contribution < -0.4 is 16.0 Å². The molecule has 4 rings (SSSR count). The van der Waals surface area contributed by atoms with E-state index < -0.39 is 24.4 Å². The highest BCUT2D eigenvalue weighted by Gasteiger charge is 2.29. The molecule has 0 amide bonds. The molecule has 2 aromatic carbocycles. The quantitative estimate of drug-likeness (QED) is 0.326. The van der Waals surface area contributed by atoms with Crippen LogP contribution in [-0.4, -0.2) is 40.6 Å². The molecule has 0 atom stereocenters. The number of alkyl halides is 3. The van der Waals surface area contributed by atoms with Gasteiger partial charge in [0.05, 0.1) is 11.1 Å². The second-order valence-corrected chi connectivity index (χ2v) is 7.68. The molecular formula is C23H17ClF3N5O2. The minimum absolute atomic E-state index is 0.140. The molecule has 0 unspecified atom stereocenters. The summed E-state index contributed by atoms with van der Waals surface area (Å²) in [5.41, 5.74) is 7.89. The molecule has 0 radical (unpaired) electrons. The van der Waals surface area contributed by atoms with Crippen LogP contribution in [0.25, 0.3) is 27.7 Å². The number of aliphatic imine (C=N–C) groups is 1. The zero-order valence-electron chi connectivity index (χ0n) is 17.7. The summed E-state index contributed by atoms with van der Waals surface area (Å²) in [4.78, 5) is 25.6. The number of anilines is 1. The number of hydrogen-bond donors (Lipinski definition) is 1. The fourth-order valence-corrected chi connectivity index (χ4v) is 3.46. The van der Waals surface area contributed by atoms with E-state index in [0.717, 1.165) is 0 Å². The highest BCUT2D eigenvalue weighted by Crippen LogP contribution is 2.28. The van der Waals surface area contributed by atoms with E-state index in [0.29, 0.717) is 32.9 Å². The van der Waals surface area contributed by atoms with Crippen LogP contribution in [0, 0.1) is 0 Å². The van der Waals surface area contributed by atoms with Gasteiger partial charge in [-0.15, -0.1) is 0 Å². The predicted molar refractivity (Wildman–Crippen MR) is 125 cm³/mol. The van der Waals surface area contributed by atoms with E-state index in [-0.39, 0.29) is 11.1 Å². The molecule has 0 aliphatic heterocycles. The smallest absolute Gasteiger partial charge is 0.422 e. The highest BCUT2D eigenvalue weighted by atomic mass is 35.5. The van der Waals surface area contributed by atoms with E-state index in [4.69, 9.17) is 22.1 Å². The predicted octanol–water partition coefficient (Wildman–Crippen LogP) is 4.67. The molecule has 174 valence electrons. The zero-order valence-corrected chi connectivity index (χ0v) is 18.4. The second kappa shape index (κ2) is 9.14. The number of pyridine rings is 1. The van der Waals surface area contributed by atoms with Crippen molar-refractivity contribution in [3.05, 3.63) is 75.8 Å². The van der Waals surface area contributed by atoms with Crippen LogP contribution in [0.2, 0.25) is 5.02 Å². The monoisotopic (exact) mass is 487 g/mol. The van der Waals surface area contributed by atoms with Crippen LogP contribution in [-0.2, 0) is 0 Å². The molecule has 0 bridgehead atoms. The number of ether oxygens (including phenoxy) is 1. The van der Waals surface area contributed by atoms with Gasteiger partial charge in [0.1, 0.15) is 0 Å². The lowest BCUT2D eigenvalue weighted by molar-refractivity contribution is -0.154. The number of rotatable bonds is 5. The van der Waals surface area contributed by atoms with Crippen molar-refractivity contribution in [2.75, 3.05) is 19.4 Å². The van der Waals surface area contributed by atoms with Crippen LogP contribution in [0.5, 0.6) is 6.01 Å². The van der Waals surface area contributed by atoms with E-state index in [1.165, 1.54) is 17.0 Å². The maximum absolute atomic E-state index is 13.6. The molecule has 0 aliphatic rings. The summed E-state index contributed by atoms with van der Waals surface area (Å²) < 4.78 is 43.9.